The zero-order chi connectivity index (χ0) is 12.0. The van der Waals surface area contributed by atoms with E-state index in [2.05, 4.69) is 19.2 Å². The maximum Gasteiger partial charge on any atom is 0.222 e. The first-order valence-corrected chi connectivity index (χ1v) is 6.60. The first kappa shape index (κ1) is 13.5. The van der Waals surface area contributed by atoms with Crippen molar-refractivity contribution in [3.05, 3.63) is 0 Å². The summed E-state index contributed by atoms with van der Waals surface area (Å²) in [6.45, 7) is 5.21. The number of nitrogens with one attached hydrogen (secondary N) is 1. The number of carbonyl (C=O) groups is 1. The van der Waals surface area contributed by atoms with Crippen LogP contribution in [0.5, 0.6) is 0 Å². The molecule has 0 aromatic heterocycles. The molecule has 0 aromatic rings. The molecular weight excluding hydrogens is 200 g/mol. The Morgan fingerprint density at radius 1 is 1.38 bits per heavy atom. The summed E-state index contributed by atoms with van der Waals surface area (Å²) in [4.78, 5) is 13.8. The van der Waals surface area contributed by atoms with Gasteiger partial charge < -0.3 is 10.2 Å². The predicted octanol–water partition coefficient (Wildman–Crippen LogP) is 2.17. The molecule has 0 aliphatic heterocycles. The maximum atomic E-state index is 11.9. The van der Waals surface area contributed by atoms with Crippen molar-refractivity contribution in [2.75, 3.05) is 13.6 Å². The fourth-order valence-corrected chi connectivity index (χ4v) is 2.30. The highest BCUT2D eigenvalue weighted by molar-refractivity contribution is 5.76. The summed E-state index contributed by atoms with van der Waals surface area (Å²) in [6, 6.07) is 1.04. The average molecular weight is 226 g/mol. The van der Waals surface area contributed by atoms with Crippen molar-refractivity contribution in [3.63, 3.8) is 0 Å². The van der Waals surface area contributed by atoms with Crippen LogP contribution in [0.3, 0.4) is 0 Å². The molecule has 0 radical (unpaired) electrons. The molecule has 0 saturated heterocycles. The first-order chi connectivity index (χ1) is 7.61. The fourth-order valence-electron chi connectivity index (χ4n) is 2.30. The highest BCUT2D eigenvalue weighted by atomic mass is 16.2. The molecule has 0 bridgehead atoms. The number of rotatable bonds is 6. The zero-order valence-electron chi connectivity index (χ0n) is 11.0. The number of carbonyl (C=O) groups excluding carboxylic acids is 1. The summed E-state index contributed by atoms with van der Waals surface area (Å²) in [7, 11) is 1.97. The van der Waals surface area contributed by atoms with Crippen LogP contribution in [-0.4, -0.2) is 36.5 Å². The molecule has 0 heterocycles. The Hall–Kier alpha value is -0.570. The molecule has 1 saturated carbocycles. The average Bonchev–Trinajstić information content (AvgIpc) is 2.76. The zero-order valence-corrected chi connectivity index (χ0v) is 11.0. The number of nitrogens with zero attached hydrogens (tertiary/aromatic N) is 1. The van der Waals surface area contributed by atoms with E-state index < -0.39 is 0 Å². The van der Waals surface area contributed by atoms with Crippen LogP contribution < -0.4 is 5.32 Å². The number of hydrogen-bond donors (Lipinski definition) is 1. The second kappa shape index (κ2) is 6.89. The highest BCUT2D eigenvalue weighted by Gasteiger charge is 2.22. The molecule has 3 nitrogen and oxygen atoms in total. The number of hydrogen-bond acceptors (Lipinski definition) is 2. The summed E-state index contributed by atoms with van der Waals surface area (Å²) < 4.78 is 0. The molecule has 1 fully saturated rings. The van der Waals surface area contributed by atoms with Gasteiger partial charge in [-0.15, -0.1) is 0 Å². The summed E-state index contributed by atoms with van der Waals surface area (Å²) in [5.41, 5.74) is 0. The van der Waals surface area contributed by atoms with Crippen LogP contribution in [0.25, 0.3) is 0 Å². The van der Waals surface area contributed by atoms with Gasteiger partial charge >= 0.3 is 0 Å². The topological polar surface area (TPSA) is 32.3 Å². The van der Waals surface area contributed by atoms with E-state index in [1.165, 1.54) is 25.7 Å². The smallest absolute Gasteiger partial charge is 0.222 e. The molecular formula is C13H26N2O. The molecule has 0 aromatic carbocycles. The van der Waals surface area contributed by atoms with Gasteiger partial charge in [0.1, 0.15) is 0 Å². The Morgan fingerprint density at radius 2 is 2.00 bits per heavy atom. The maximum absolute atomic E-state index is 11.9. The molecule has 0 atom stereocenters. The molecule has 0 unspecified atom stereocenters. The van der Waals surface area contributed by atoms with Gasteiger partial charge in [-0.2, -0.15) is 0 Å². The van der Waals surface area contributed by atoms with Crippen molar-refractivity contribution in [1.82, 2.24) is 10.2 Å². The van der Waals surface area contributed by atoms with Gasteiger partial charge in [0.05, 0.1) is 0 Å². The lowest BCUT2D eigenvalue weighted by molar-refractivity contribution is -0.131. The van der Waals surface area contributed by atoms with Gasteiger partial charge in [-0.25, -0.2) is 0 Å². The lowest BCUT2D eigenvalue weighted by atomic mass is 10.2. The highest BCUT2D eigenvalue weighted by Crippen LogP contribution is 2.22. The minimum absolute atomic E-state index is 0.317. The summed E-state index contributed by atoms with van der Waals surface area (Å²) >= 11 is 0. The van der Waals surface area contributed by atoms with Crippen LogP contribution in [0.4, 0.5) is 0 Å². The Kier molecular flexibility index (Phi) is 5.81. The fraction of sp³-hybridized carbons (Fsp3) is 0.923. The van der Waals surface area contributed by atoms with Crippen LogP contribution in [0.15, 0.2) is 0 Å². The molecule has 16 heavy (non-hydrogen) atoms. The van der Waals surface area contributed by atoms with Crippen LogP contribution in [0.2, 0.25) is 0 Å². The Morgan fingerprint density at radius 3 is 2.56 bits per heavy atom. The van der Waals surface area contributed by atoms with Gasteiger partial charge in [-0.3, -0.25) is 4.79 Å². The van der Waals surface area contributed by atoms with Crippen LogP contribution >= 0.6 is 0 Å². The third-order valence-electron chi connectivity index (χ3n) is 3.39. The minimum atomic E-state index is 0.317. The van der Waals surface area contributed by atoms with Gasteiger partial charge in [0.2, 0.25) is 5.91 Å². The van der Waals surface area contributed by atoms with Gasteiger partial charge in [0.25, 0.3) is 0 Å². The second-order valence-corrected chi connectivity index (χ2v) is 5.16. The van der Waals surface area contributed by atoms with E-state index in [0.717, 1.165) is 13.0 Å². The van der Waals surface area contributed by atoms with E-state index in [1.807, 2.05) is 11.9 Å². The molecule has 94 valence electrons. The monoisotopic (exact) mass is 226 g/mol. The van der Waals surface area contributed by atoms with Crippen molar-refractivity contribution >= 4 is 5.91 Å². The van der Waals surface area contributed by atoms with E-state index in [4.69, 9.17) is 0 Å². The van der Waals surface area contributed by atoms with Gasteiger partial charge in [-0.1, -0.05) is 26.7 Å². The normalized spacial score (nSPS) is 17.0. The van der Waals surface area contributed by atoms with Crippen molar-refractivity contribution in [3.8, 4) is 0 Å². The summed E-state index contributed by atoms with van der Waals surface area (Å²) in [6.07, 6.45) is 6.62. The van der Waals surface area contributed by atoms with E-state index >= 15 is 0 Å². The molecule has 1 rings (SSSR count). The summed E-state index contributed by atoms with van der Waals surface area (Å²) in [5.74, 6) is 0.317. The largest absolute Gasteiger partial charge is 0.343 e. The van der Waals surface area contributed by atoms with Gasteiger partial charge in [0.15, 0.2) is 0 Å². The molecule has 1 N–H and O–H groups in total. The van der Waals surface area contributed by atoms with Gasteiger partial charge in [-0.05, 0) is 25.8 Å². The Balaban J connectivity index is 2.13. The molecule has 1 amide bonds. The Labute approximate surface area is 99.6 Å². The first-order valence-electron chi connectivity index (χ1n) is 6.60. The predicted molar refractivity (Wildman–Crippen MR) is 67.4 cm³/mol. The number of amides is 1. The van der Waals surface area contributed by atoms with E-state index in [0.29, 0.717) is 24.4 Å². The third kappa shape index (κ3) is 4.52. The standard InChI is InChI=1S/C13H26N2O/c1-11(2)14-10-6-9-13(16)15(3)12-7-4-5-8-12/h11-12,14H,4-10H2,1-3H3. The molecule has 1 aliphatic rings. The van der Waals surface area contributed by atoms with Crippen molar-refractivity contribution < 1.29 is 4.79 Å². The van der Waals surface area contributed by atoms with E-state index in [9.17, 15) is 4.79 Å². The molecule has 3 heteroatoms. The van der Waals surface area contributed by atoms with E-state index in [1.54, 1.807) is 0 Å². The van der Waals surface area contributed by atoms with Crippen molar-refractivity contribution in [1.29, 1.82) is 0 Å². The van der Waals surface area contributed by atoms with Gasteiger partial charge in [0, 0.05) is 25.6 Å². The third-order valence-corrected chi connectivity index (χ3v) is 3.39. The van der Waals surface area contributed by atoms with Crippen molar-refractivity contribution in [2.45, 2.75) is 64.5 Å². The van der Waals surface area contributed by atoms with Crippen LogP contribution in [-0.2, 0) is 4.79 Å². The van der Waals surface area contributed by atoms with Crippen LogP contribution in [0, 0.1) is 0 Å². The summed E-state index contributed by atoms with van der Waals surface area (Å²) in [5, 5.41) is 3.34. The minimum Gasteiger partial charge on any atom is -0.343 e. The van der Waals surface area contributed by atoms with Crippen molar-refractivity contribution in [2.24, 2.45) is 0 Å². The molecule has 0 spiro atoms. The Bertz CT molecular complexity index is 210. The van der Waals surface area contributed by atoms with Crippen LogP contribution in [0.1, 0.15) is 52.4 Å². The second-order valence-electron chi connectivity index (χ2n) is 5.16. The molecule has 1 aliphatic carbocycles. The van der Waals surface area contributed by atoms with E-state index in [-0.39, 0.29) is 0 Å². The SMILES string of the molecule is CC(C)NCCCC(=O)N(C)C1CCCC1. The quantitative estimate of drug-likeness (QED) is 0.704. The lowest BCUT2D eigenvalue weighted by Gasteiger charge is -2.24. The lowest BCUT2D eigenvalue weighted by Crippen LogP contribution is -2.35.